The normalized spacial score (nSPS) is 11.9. The van der Waals surface area contributed by atoms with Gasteiger partial charge in [0.1, 0.15) is 0 Å². The first-order valence-corrected chi connectivity index (χ1v) is 6.92. The van der Waals surface area contributed by atoms with Crippen molar-refractivity contribution in [3.8, 4) is 0 Å². The first kappa shape index (κ1) is 15.1. The van der Waals surface area contributed by atoms with Gasteiger partial charge in [0.25, 0.3) is 5.91 Å². The van der Waals surface area contributed by atoms with Gasteiger partial charge in [0.05, 0.1) is 12.6 Å². The highest BCUT2D eigenvalue weighted by molar-refractivity contribution is 5.97. The number of nitrogens with one attached hydrogen (secondary N) is 1. The van der Waals surface area contributed by atoms with Crippen molar-refractivity contribution < 1.29 is 9.90 Å². The van der Waals surface area contributed by atoms with Gasteiger partial charge in [-0.2, -0.15) is 0 Å². The molecular weight excluding hydrogens is 264 g/mol. The number of hydrogen-bond acceptors (Lipinski definition) is 3. The predicted molar refractivity (Wildman–Crippen MR) is 84.1 cm³/mol. The predicted octanol–water partition coefficient (Wildman–Crippen LogP) is 1.91. The molecule has 0 aromatic heterocycles. The fourth-order valence-electron chi connectivity index (χ4n) is 2.22. The van der Waals surface area contributed by atoms with E-state index in [2.05, 4.69) is 5.32 Å². The SMILES string of the molecule is Cc1c(N)cccc1C(=O)NC(CO)Cc1ccccc1. The van der Waals surface area contributed by atoms with Crippen LogP contribution >= 0.6 is 0 Å². The Kier molecular flexibility index (Phi) is 4.95. The standard InChI is InChI=1S/C17H20N2O2/c1-12-15(8-5-9-16(12)18)17(21)19-14(11-20)10-13-6-3-2-4-7-13/h2-9,14,20H,10-11,18H2,1H3,(H,19,21). The van der Waals surface area contributed by atoms with Crippen LogP contribution in [0.15, 0.2) is 48.5 Å². The van der Waals surface area contributed by atoms with Gasteiger partial charge in [-0.15, -0.1) is 0 Å². The molecule has 2 aromatic carbocycles. The minimum absolute atomic E-state index is 0.109. The Labute approximate surface area is 124 Å². The van der Waals surface area contributed by atoms with E-state index in [-0.39, 0.29) is 18.6 Å². The number of aliphatic hydroxyl groups is 1. The Hall–Kier alpha value is -2.33. The molecule has 1 unspecified atom stereocenters. The Morgan fingerprint density at radius 2 is 1.90 bits per heavy atom. The monoisotopic (exact) mass is 284 g/mol. The van der Waals surface area contributed by atoms with Gasteiger partial charge in [0.15, 0.2) is 0 Å². The summed E-state index contributed by atoms with van der Waals surface area (Å²) < 4.78 is 0. The van der Waals surface area contributed by atoms with Crippen LogP contribution in [-0.4, -0.2) is 23.7 Å². The average Bonchev–Trinajstić information content (AvgIpc) is 2.50. The average molecular weight is 284 g/mol. The van der Waals surface area contributed by atoms with E-state index in [1.165, 1.54) is 0 Å². The molecule has 0 radical (unpaired) electrons. The van der Waals surface area contributed by atoms with Gasteiger partial charge < -0.3 is 16.2 Å². The Morgan fingerprint density at radius 1 is 1.19 bits per heavy atom. The van der Waals surface area contributed by atoms with E-state index < -0.39 is 0 Å². The fraction of sp³-hybridized carbons (Fsp3) is 0.235. The van der Waals surface area contributed by atoms with E-state index in [1.807, 2.05) is 37.3 Å². The maximum absolute atomic E-state index is 12.3. The van der Waals surface area contributed by atoms with Gasteiger partial charge in [0.2, 0.25) is 0 Å². The summed E-state index contributed by atoms with van der Waals surface area (Å²) in [5.41, 5.74) is 8.77. The van der Waals surface area contributed by atoms with Crippen LogP contribution in [0.4, 0.5) is 5.69 Å². The van der Waals surface area contributed by atoms with Crippen LogP contribution in [0, 0.1) is 6.92 Å². The number of anilines is 1. The summed E-state index contributed by atoms with van der Waals surface area (Å²) in [7, 11) is 0. The molecule has 4 heteroatoms. The molecule has 0 heterocycles. The molecule has 4 N–H and O–H groups in total. The molecule has 21 heavy (non-hydrogen) atoms. The summed E-state index contributed by atoms with van der Waals surface area (Å²) in [4.78, 5) is 12.3. The van der Waals surface area contributed by atoms with Crippen LogP contribution < -0.4 is 11.1 Å². The molecule has 0 bridgehead atoms. The number of hydrogen-bond donors (Lipinski definition) is 3. The van der Waals surface area contributed by atoms with Gasteiger partial charge in [-0.25, -0.2) is 0 Å². The molecule has 0 aliphatic carbocycles. The van der Waals surface area contributed by atoms with Crippen molar-refractivity contribution in [2.24, 2.45) is 0 Å². The van der Waals surface area contributed by atoms with Crippen LogP contribution in [0.1, 0.15) is 21.5 Å². The number of nitrogens with two attached hydrogens (primary N) is 1. The van der Waals surface area contributed by atoms with Crippen molar-refractivity contribution in [1.29, 1.82) is 0 Å². The zero-order valence-corrected chi connectivity index (χ0v) is 12.0. The highest BCUT2D eigenvalue weighted by Crippen LogP contribution is 2.15. The molecule has 0 spiro atoms. The summed E-state index contributed by atoms with van der Waals surface area (Å²) in [6.45, 7) is 1.71. The third kappa shape index (κ3) is 3.83. The van der Waals surface area contributed by atoms with Crippen LogP contribution in [0.25, 0.3) is 0 Å². The van der Waals surface area contributed by atoms with Gasteiger partial charge in [-0.05, 0) is 36.6 Å². The Bertz CT molecular complexity index is 611. The molecule has 2 rings (SSSR count). The van der Waals surface area contributed by atoms with Gasteiger partial charge in [0, 0.05) is 11.3 Å². The lowest BCUT2D eigenvalue weighted by Gasteiger charge is -2.17. The molecule has 0 saturated heterocycles. The minimum Gasteiger partial charge on any atom is -0.398 e. The number of nitrogen functional groups attached to an aromatic ring is 1. The van der Waals surface area contributed by atoms with Crippen molar-refractivity contribution in [2.75, 3.05) is 12.3 Å². The molecule has 2 aromatic rings. The zero-order chi connectivity index (χ0) is 15.2. The summed E-state index contributed by atoms with van der Waals surface area (Å²) in [6.07, 6.45) is 0.588. The molecule has 0 aliphatic heterocycles. The highest BCUT2D eigenvalue weighted by Gasteiger charge is 2.15. The maximum Gasteiger partial charge on any atom is 0.251 e. The highest BCUT2D eigenvalue weighted by atomic mass is 16.3. The summed E-state index contributed by atoms with van der Waals surface area (Å²) >= 11 is 0. The smallest absolute Gasteiger partial charge is 0.251 e. The van der Waals surface area contributed by atoms with Crippen molar-refractivity contribution in [1.82, 2.24) is 5.32 Å². The molecule has 0 saturated carbocycles. The van der Waals surface area contributed by atoms with Crippen molar-refractivity contribution in [3.63, 3.8) is 0 Å². The largest absolute Gasteiger partial charge is 0.398 e. The van der Waals surface area contributed by atoms with E-state index >= 15 is 0 Å². The molecule has 0 aliphatic rings. The minimum atomic E-state index is -0.319. The maximum atomic E-state index is 12.3. The number of carbonyl (C=O) groups is 1. The summed E-state index contributed by atoms with van der Waals surface area (Å²) in [5, 5.41) is 12.3. The van der Waals surface area contributed by atoms with Crippen molar-refractivity contribution in [2.45, 2.75) is 19.4 Å². The lowest BCUT2D eigenvalue weighted by molar-refractivity contribution is 0.0916. The summed E-state index contributed by atoms with van der Waals surface area (Å²) in [6, 6.07) is 14.7. The molecule has 110 valence electrons. The number of carbonyl (C=O) groups excluding carboxylic acids is 1. The first-order valence-electron chi connectivity index (χ1n) is 6.92. The second-order valence-corrected chi connectivity index (χ2v) is 5.06. The lowest BCUT2D eigenvalue weighted by Crippen LogP contribution is -2.39. The fourth-order valence-corrected chi connectivity index (χ4v) is 2.22. The van der Waals surface area contributed by atoms with Crippen LogP contribution in [0.5, 0.6) is 0 Å². The number of aliphatic hydroxyl groups excluding tert-OH is 1. The van der Waals surface area contributed by atoms with E-state index in [0.29, 0.717) is 17.7 Å². The van der Waals surface area contributed by atoms with Crippen molar-refractivity contribution >= 4 is 11.6 Å². The molecule has 1 atom stereocenters. The third-order valence-electron chi connectivity index (χ3n) is 3.50. The third-order valence-corrected chi connectivity index (χ3v) is 3.50. The quantitative estimate of drug-likeness (QED) is 0.734. The molecule has 4 nitrogen and oxygen atoms in total. The topological polar surface area (TPSA) is 75.4 Å². The second kappa shape index (κ2) is 6.90. The molecule has 1 amide bonds. The zero-order valence-electron chi connectivity index (χ0n) is 12.0. The number of rotatable bonds is 5. The first-order chi connectivity index (χ1) is 10.1. The Balaban J connectivity index is 2.08. The lowest BCUT2D eigenvalue weighted by atomic mass is 10.0. The number of benzene rings is 2. The van der Waals surface area contributed by atoms with Crippen molar-refractivity contribution in [3.05, 3.63) is 65.2 Å². The molecule has 0 fully saturated rings. The second-order valence-electron chi connectivity index (χ2n) is 5.06. The molecular formula is C17H20N2O2. The van der Waals surface area contributed by atoms with E-state index in [4.69, 9.17) is 5.73 Å². The van der Waals surface area contributed by atoms with Gasteiger partial charge in [-0.3, -0.25) is 4.79 Å². The van der Waals surface area contributed by atoms with Gasteiger partial charge >= 0.3 is 0 Å². The van der Waals surface area contributed by atoms with Crippen LogP contribution in [-0.2, 0) is 6.42 Å². The van der Waals surface area contributed by atoms with E-state index in [9.17, 15) is 9.90 Å². The van der Waals surface area contributed by atoms with Gasteiger partial charge in [-0.1, -0.05) is 36.4 Å². The Morgan fingerprint density at radius 3 is 2.57 bits per heavy atom. The van der Waals surface area contributed by atoms with E-state index in [0.717, 1.165) is 11.1 Å². The summed E-state index contributed by atoms with van der Waals surface area (Å²) in [5.74, 6) is -0.213. The number of amides is 1. The van der Waals surface area contributed by atoms with E-state index in [1.54, 1.807) is 18.2 Å². The van der Waals surface area contributed by atoms with Crippen LogP contribution in [0.3, 0.4) is 0 Å². The van der Waals surface area contributed by atoms with Crippen LogP contribution in [0.2, 0.25) is 0 Å².